The molecule has 25 heavy (non-hydrogen) atoms. The lowest BCUT2D eigenvalue weighted by Crippen LogP contribution is -2.35. The van der Waals surface area contributed by atoms with Crippen molar-refractivity contribution < 1.29 is 13.9 Å². The summed E-state index contributed by atoms with van der Waals surface area (Å²) >= 11 is 0. The molecular weight excluding hydrogens is 318 g/mol. The molecule has 2 aromatic carbocycles. The van der Waals surface area contributed by atoms with Gasteiger partial charge in [-0.25, -0.2) is 0 Å². The van der Waals surface area contributed by atoms with E-state index in [1.54, 1.807) is 12.0 Å². The summed E-state index contributed by atoms with van der Waals surface area (Å²) in [6, 6.07) is 15.2. The molecule has 0 aliphatic carbocycles. The highest BCUT2D eigenvalue weighted by atomic mass is 16.5. The molecule has 0 N–H and O–H groups in total. The third-order valence-electron chi connectivity index (χ3n) is 4.30. The molecule has 1 aliphatic heterocycles. The molecule has 1 amide bonds. The van der Waals surface area contributed by atoms with Crippen LogP contribution in [0.3, 0.4) is 0 Å². The van der Waals surface area contributed by atoms with Gasteiger partial charge < -0.3 is 14.1 Å². The van der Waals surface area contributed by atoms with Gasteiger partial charge in [-0.05, 0) is 48.7 Å². The second kappa shape index (κ2) is 6.39. The Morgan fingerprint density at radius 1 is 1.12 bits per heavy atom. The van der Waals surface area contributed by atoms with E-state index in [-0.39, 0.29) is 11.8 Å². The zero-order valence-electron chi connectivity index (χ0n) is 13.8. The molecule has 0 saturated carbocycles. The summed E-state index contributed by atoms with van der Waals surface area (Å²) in [5.41, 5.74) is 2.83. The number of methoxy groups -OCH3 is 1. The summed E-state index contributed by atoms with van der Waals surface area (Å²) in [7, 11) is 1.61. The molecule has 0 atom stereocenters. The number of amides is 1. The summed E-state index contributed by atoms with van der Waals surface area (Å²) < 4.78 is 10.8. The van der Waals surface area contributed by atoms with E-state index in [0.29, 0.717) is 12.4 Å². The van der Waals surface area contributed by atoms with Gasteiger partial charge in [0, 0.05) is 17.8 Å². The lowest BCUT2D eigenvalue weighted by molar-refractivity contribution is 0.0952. The summed E-state index contributed by atoms with van der Waals surface area (Å²) in [4.78, 5) is 14.5. The van der Waals surface area contributed by atoms with Crippen LogP contribution in [0.1, 0.15) is 22.7 Å². The number of benzene rings is 2. The monoisotopic (exact) mass is 335 g/mol. The molecule has 6 nitrogen and oxygen atoms in total. The van der Waals surface area contributed by atoms with Crippen molar-refractivity contribution in [3.8, 4) is 17.2 Å². The highest BCUT2D eigenvalue weighted by Crippen LogP contribution is 2.28. The molecule has 0 spiro atoms. The van der Waals surface area contributed by atoms with Gasteiger partial charge in [-0.3, -0.25) is 4.79 Å². The highest BCUT2D eigenvalue weighted by molar-refractivity contribution is 6.03. The number of ether oxygens (including phenoxy) is 1. The van der Waals surface area contributed by atoms with Crippen molar-refractivity contribution in [2.45, 2.75) is 12.8 Å². The van der Waals surface area contributed by atoms with E-state index < -0.39 is 0 Å². The summed E-state index contributed by atoms with van der Waals surface area (Å²) in [5, 5.41) is 7.95. The van der Waals surface area contributed by atoms with Crippen LogP contribution in [-0.2, 0) is 6.42 Å². The topological polar surface area (TPSA) is 68.5 Å². The van der Waals surface area contributed by atoms with Gasteiger partial charge in [-0.2, -0.15) is 0 Å². The fourth-order valence-corrected chi connectivity index (χ4v) is 3.02. The van der Waals surface area contributed by atoms with Gasteiger partial charge in [0.25, 0.3) is 0 Å². The van der Waals surface area contributed by atoms with E-state index in [0.717, 1.165) is 35.4 Å². The lowest BCUT2D eigenvalue weighted by Gasteiger charge is -2.28. The van der Waals surface area contributed by atoms with Crippen LogP contribution in [0, 0.1) is 0 Å². The minimum Gasteiger partial charge on any atom is -0.497 e. The fraction of sp³-hybridized carbons (Fsp3) is 0.211. The number of para-hydroxylation sites is 1. The summed E-state index contributed by atoms with van der Waals surface area (Å²) in [6.07, 6.45) is 1.89. The standard InChI is InChI=1S/C19H17N3O3/c1-24-15-10-8-14(9-11-15)17-20-21-18(25-17)19(23)22-12-4-6-13-5-2-3-7-16(13)22/h2-3,5,7-11H,4,6,12H2,1H3. The van der Waals surface area contributed by atoms with Gasteiger partial charge in [0.15, 0.2) is 0 Å². The Morgan fingerprint density at radius 2 is 1.92 bits per heavy atom. The third kappa shape index (κ3) is 2.87. The van der Waals surface area contributed by atoms with Gasteiger partial charge >= 0.3 is 11.8 Å². The van der Waals surface area contributed by atoms with Gasteiger partial charge in [0.2, 0.25) is 5.89 Å². The maximum Gasteiger partial charge on any atom is 0.315 e. The predicted molar refractivity (Wildman–Crippen MR) is 92.7 cm³/mol. The van der Waals surface area contributed by atoms with E-state index in [4.69, 9.17) is 9.15 Å². The minimum absolute atomic E-state index is 0.00233. The van der Waals surface area contributed by atoms with Crippen LogP contribution in [-0.4, -0.2) is 29.8 Å². The normalized spacial score (nSPS) is 13.4. The second-order valence-electron chi connectivity index (χ2n) is 5.83. The Labute approximate surface area is 145 Å². The quantitative estimate of drug-likeness (QED) is 0.734. The smallest absolute Gasteiger partial charge is 0.315 e. The SMILES string of the molecule is COc1ccc(-c2nnc(C(=O)N3CCCc4ccccc43)o2)cc1. The molecule has 126 valence electrons. The third-order valence-corrected chi connectivity index (χ3v) is 4.30. The number of hydrogen-bond acceptors (Lipinski definition) is 5. The van der Waals surface area contributed by atoms with Crippen LogP contribution in [0.25, 0.3) is 11.5 Å². The molecule has 6 heteroatoms. The summed E-state index contributed by atoms with van der Waals surface area (Å²) in [5.74, 6) is 0.794. The van der Waals surface area contributed by atoms with Crippen LogP contribution in [0.4, 0.5) is 5.69 Å². The zero-order chi connectivity index (χ0) is 17.2. The van der Waals surface area contributed by atoms with Gasteiger partial charge in [-0.1, -0.05) is 18.2 Å². The molecule has 4 rings (SSSR count). The number of anilines is 1. The fourth-order valence-electron chi connectivity index (χ4n) is 3.02. The molecule has 2 heterocycles. The van der Waals surface area contributed by atoms with E-state index in [2.05, 4.69) is 10.2 Å². The average molecular weight is 335 g/mol. The van der Waals surface area contributed by atoms with Crippen molar-refractivity contribution in [3.63, 3.8) is 0 Å². The maximum absolute atomic E-state index is 12.8. The Bertz CT molecular complexity index is 902. The second-order valence-corrected chi connectivity index (χ2v) is 5.83. The summed E-state index contributed by atoms with van der Waals surface area (Å²) in [6.45, 7) is 0.649. The van der Waals surface area contributed by atoms with Crippen molar-refractivity contribution in [3.05, 3.63) is 60.0 Å². The largest absolute Gasteiger partial charge is 0.497 e. The molecule has 0 unspecified atom stereocenters. The molecule has 1 aromatic heterocycles. The number of rotatable bonds is 3. The van der Waals surface area contributed by atoms with Crippen LogP contribution in [0.2, 0.25) is 0 Å². The van der Waals surface area contributed by atoms with Crippen LogP contribution >= 0.6 is 0 Å². The van der Waals surface area contributed by atoms with Crippen LogP contribution in [0.5, 0.6) is 5.75 Å². The predicted octanol–water partition coefficient (Wildman–Crippen LogP) is 3.34. The number of nitrogens with zero attached hydrogens (tertiary/aromatic N) is 3. The molecule has 3 aromatic rings. The molecule has 0 bridgehead atoms. The van der Waals surface area contributed by atoms with Gasteiger partial charge in [-0.15, -0.1) is 10.2 Å². The lowest BCUT2D eigenvalue weighted by atomic mass is 10.0. The number of aromatic nitrogens is 2. The van der Waals surface area contributed by atoms with Crippen molar-refractivity contribution in [1.29, 1.82) is 0 Å². The maximum atomic E-state index is 12.8. The van der Waals surface area contributed by atoms with Crippen molar-refractivity contribution in [2.75, 3.05) is 18.6 Å². The van der Waals surface area contributed by atoms with E-state index in [9.17, 15) is 4.79 Å². The van der Waals surface area contributed by atoms with E-state index in [1.807, 2.05) is 48.5 Å². The number of hydrogen-bond donors (Lipinski definition) is 0. The van der Waals surface area contributed by atoms with Crippen molar-refractivity contribution in [1.82, 2.24) is 10.2 Å². The van der Waals surface area contributed by atoms with E-state index >= 15 is 0 Å². The first-order valence-electron chi connectivity index (χ1n) is 8.14. The van der Waals surface area contributed by atoms with Crippen molar-refractivity contribution in [2.24, 2.45) is 0 Å². The first-order chi connectivity index (χ1) is 12.3. The molecule has 0 saturated heterocycles. The number of carbonyl (C=O) groups is 1. The number of fused-ring (bicyclic) bond motifs is 1. The Kier molecular flexibility index (Phi) is 3.93. The first kappa shape index (κ1) is 15.4. The van der Waals surface area contributed by atoms with Crippen LogP contribution < -0.4 is 9.64 Å². The Morgan fingerprint density at radius 3 is 2.72 bits per heavy atom. The molecule has 1 aliphatic rings. The average Bonchev–Trinajstić information content (AvgIpc) is 3.17. The molecular formula is C19H17N3O3. The molecule has 0 fully saturated rings. The minimum atomic E-state index is -0.264. The zero-order valence-corrected chi connectivity index (χ0v) is 13.8. The first-order valence-corrected chi connectivity index (χ1v) is 8.14. The number of carbonyl (C=O) groups excluding carboxylic acids is 1. The Balaban J connectivity index is 1.61. The van der Waals surface area contributed by atoms with E-state index in [1.165, 1.54) is 0 Å². The molecule has 0 radical (unpaired) electrons. The van der Waals surface area contributed by atoms with Crippen molar-refractivity contribution >= 4 is 11.6 Å². The Hall–Kier alpha value is -3.15. The van der Waals surface area contributed by atoms with Gasteiger partial charge in [0.05, 0.1) is 7.11 Å². The highest BCUT2D eigenvalue weighted by Gasteiger charge is 2.27. The number of aryl methyl sites for hydroxylation is 1. The van der Waals surface area contributed by atoms with Gasteiger partial charge in [0.1, 0.15) is 5.75 Å². The van der Waals surface area contributed by atoms with Crippen LogP contribution in [0.15, 0.2) is 52.9 Å².